The highest BCUT2D eigenvalue weighted by Crippen LogP contribution is 2.20. The third kappa shape index (κ3) is 5.43. The van der Waals surface area contributed by atoms with Gasteiger partial charge < -0.3 is 15.4 Å². The predicted molar refractivity (Wildman–Crippen MR) is 107 cm³/mol. The van der Waals surface area contributed by atoms with E-state index in [0.29, 0.717) is 24.9 Å². The number of nitrogens with one attached hydrogen (secondary N) is 2. The lowest BCUT2D eigenvalue weighted by Crippen LogP contribution is -2.30. The fraction of sp³-hybridized carbons (Fsp3) is 0.526. The second-order valence-electron chi connectivity index (χ2n) is 6.67. The van der Waals surface area contributed by atoms with Crippen molar-refractivity contribution in [2.75, 3.05) is 26.2 Å². The molecule has 8 heteroatoms. The van der Waals surface area contributed by atoms with E-state index in [1.165, 1.54) is 0 Å². The molecule has 1 amide bonds. The van der Waals surface area contributed by atoms with Gasteiger partial charge in [0.25, 0.3) is 5.91 Å². The number of carbonyl (C=O) groups excluding carboxylic acids is 1. The summed E-state index contributed by atoms with van der Waals surface area (Å²) >= 11 is 0. The SMILES string of the molecule is Cc1ccccc1OCCCNC(=O)c1nnn(C2CCNCC2)c1C.Cl. The molecule has 7 nitrogen and oxygen atoms in total. The van der Waals surface area contributed by atoms with Crippen molar-refractivity contribution in [3.63, 3.8) is 0 Å². The first kappa shape index (κ1) is 21.2. The van der Waals surface area contributed by atoms with Crippen molar-refractivity contribution < 1.29 is 9.53 Å². The molecule has 1 aromatic heterocycles. The molecule has 2 N–H and O–H groups in total. The van der Waals surface area contributed by atoms with Gasteiger partial charge in [-0.2, -0.15) is 0 Å². The summed E-state index contributed by atoms with van der Waals surface area (Å²) in [6.45, 7) is 7.00. The molecule has 0 bridgehead atoms. The highest BCUT2D eigenvalue weighted by atomic mass is 35.5. The number of halogens is 1. The van der Waals surface area contributed by atoms with Gasteiger partial charge in [0, 0.05) is 6.54 Å². The lowest BCUT2D eigenvalue weighted by Gasteiger charge is -2.23. The van der Waals surface area contributed by atoms with E-state index in [-0.39, 0.29) is 18.3 Å². The first-order valence-corrected chi connectivity index (χ1v) is 9.26. The lowest BCUT2D eigenvalue weighted by atomic mass is 10.1. The summed E-state index contributed by atoms with van der Waals surface area (Å²) in [5.74, 6) is 0.721. The Morgan fingerprint density at radius 1 is 1.30 bits per heavy atom. The molecule has 1 saturated heterocycles. The summed E-state index contributed by atoms with van der Waals surface area (Å²) in [5.41, 5.74) is 2.37. The highest BCUT2D eigenvalue weighted by molar-refractivity contribution is 5.93. The average molecular weight is 394 g/mol. The van der Waals surface area contributed by atoms with Crippen LogP contribution in [0.5, 0.6) is 5.75 Å². The largest absolute Gasteiger partial charge is 0.493 e. The van der Waals surface area contributed by atoms with E-state index in [1.807, 2.05) is 42.8 Å². The normalized spacial score (nSPS) is 14.4. The maximum absolute atomic E-state index is 12.4. The predicted octanol–water partition coefficient (Wildman–Crippen LogP) is 2.44. The van der Waals surface area contributed by atoms with Gasteiger partial charge in [0.05, 0.1) is 18.3 Å². The second kappa shape index (κ2) is 10.3. The summed E-state index contributed by atoms with van der Waals surface area (Å²) in [6, 6.07) is 8.25. The van der Waals surface area contributed by atoms with Crippen molar-refractivity contribution >= 4 is 18.3 Å². The zero-order chi connectivity index (χ0) is 18.4. The fourth-order valence-corrected chi connectivity index (χ4v) is 3.21. The Morgan fingerprint density at radius 2 is 2.04 bits per heavy atom. The van der Waals surface area contributed by atoms with Crippen LogP contribution in [0.4, 0.5) is 0 Å². The van der Waals surface area contributed by atoms with Gasteiger partial charge in [0.15, 0.2) is 5.69 Å². The average Bonchev–Trinajstić information content (AvgIpc) is 3.05. The van der Waals surface area contributed by atoms with Crippen molar-refractivity contribution in [2.45, 2.75) is 39.2 Å². The van der Waals surface area contributed by atoms with Crippen LogP contribution in [0.3, 0.4) is 0 Å². The number of hydrogen-bond acceptors (Lipinski definition) is 5. The number of benzene rings is 1. The highest BCUT2D eigenvalue weighted by Gasteiger charge is 2.22. The molecule has 2 aromatic rings. The molecule has 0 saturated carbocycles. The third-order valence-electron chi connectivity index (χ3n) is 4.75. The quantitative estimate of drug-likeness (QED) is 0.706. The van der Waals surface area contributed by atoms with Crippen LogP contribution in [0, 0.1) is 13.8 Å². The number of aromatic nitrogens is 3. The Kier molecular flexibility index (Phi) is 8.06. The minimum Gasteiger partial charge on any atom is -0.493 e. The van der Waals surface area contributed by atoms with Gasteiger partial charge in [-0.05, 0) is 57.8 Å². The minimum absolute atomic E-state index is 0. The summed E-state index contributed by atoms with van der Waals surface area (Å²) in [5, 5.41) is 14.6. The van der Waals surface area contributed by atoms with Crippen LogP contribution in [0.25, 0.3) is 0 Å². The van der Waals surface area contributed by atoms with E-state index in [9.17, 15) is 4.79 Å². The van der Waals surface area contributed by atoms with Crippen LogP contribution < -0.4 is 15.4 Å². The van der Waals surface area contributed by atoms with Gasteiger partial charge in [-0.1, -0.05) is 23.4 Å². The molecule has 0 unspecified atom stereocenters. The standard InChI is InChI=1S/C19H27N5O2.ClH/c1-14-6-3-4-7-17(14)26-13-5-10-21-19(25)18-15(2)24(23-22-18)16-8-11-20-12-9-16;/h3-4,6-7,16,20H,5,8-13H2,1-2H3,(H,21,25);1H. The molecule has 0 aliphatic carbocycles. The van der Waals surface area contributed by atoms with E-state index in [1.54, 1.807) is 0 Å². The summed E-state index contributed by atoms with van der Waals surface area (Å²) in [4.78, 5) is 12.4. The molecule has 0 radical (unpaired) electrons. The molecule has 148 valence electrons. The molecular formula is C19H28ClN5O2. The van der Waals surface area contributed by atoms with Gasteiger partial charge >= 0.3 is 0 Å². The minimum atomic E-state index is -0.168. The molecule has 1 aliphatic rings. The molecule has 1 aromatic carbocycles. The number of para-hydroxylation sites is 1. The number of ether oxygens (including phenoxy) is 1. The first-order chi connectivity index (χ1) is 12.7. The number of piperidine rings is 1. The van der Waals surface area contributed by atoms with Crippen LogP contribution in [-0.2, 0) is 0 Å². The van der Waals surface area contributed by atoms with E-state index < -0.39 is 0 Å². The van der Waals surface area contributed by atoms with Gasteiger partial charge in [0.1, 0.15) is 5.75 Å². The Hall–Kier alpha value is -2.12. The van der Waals surface area contributed by atoms with Gasteiger partial charge in [-0.3, -0.25) is 4.79 Å². The molecule has 1 fully saturated rings. The van der Waals surface area contributed by atoms with Crippen LogP contribution in [0.2, 0.25) is 0 Å². The number of amides is 1. The number of nitrogens with zero attached hydrogens (tertiary/aromatic N) is 3. The molecule has 3 rings (SSSR count). The number of hydrogen-bond donors (Lipinski definition) is 2. The first-order valence-electron chi connectivity index (χ1n) is 9.26. The molecule has 0 atom stereocenters. The fourth-order valence-electron chi connectivity index (χ4n) is 3.21. The molecule has 1 aliphatic heterocycles. The topological polar surface area (TPSA) is 81.1 Å². The molecule has 0 spiro atoms. The monoisotopic (exact) mass is 393 g/mol. The van der Waals surface area contributed by atoms with Gasteiger partial charge in [0.2, 0.25) is 0 Å². The lowest BCUT2D eigenvalue weighted by molar-refractivity contribution is 0.0945. The van der Waals surface area contributed by atoms with Crippen molar-refractivity contribution in [2.24, 2.45) is 0 Å². The zero-order valence-electron chi connectivity index (χ0n) is 15.9. The summed E-state index contributed by atoms with van der Waals surface area (Å²) in [7, 11) is 0. The Bertz CT molecular complexity index is 743. The smallest absolute Gasteiger partial charge is 0.273 e. The van der Waals surface area contributed by atoms with Crippen molar-refractivity contribution in [1.29, 1.82) is 0 Å². The van der Waals surface area contributed by atoms with Crippen LogP contribution in [0.15, 0.2) is 24.3 Å². The Morgan fingerprint density at radius 3 is 2.78 bits per heavy atom. The molecular weight excluding hydrogens is 366 g/mol. The number of rotatable bonds is 7. The summed E-state index contributed by atoms with van der Waals surface area (Å²) in [6.07, 6.45) is 2.77. The van der Waals surface area contributed by atoms with E-state index in [2.05, 4.69) is 20.9 Å². The third-order valence-corrected chi connectivity index (χ3v) is 4.75. The maximum atomic E-state index is 12.4. The molecule has 2 heterocycles. The Balaban J connectivity index is 0.00000261. The molecule has 27 heavy (non-hydrogen) atoms. The second-order valence-corrected chi connectivity index (χ2v) is 6.67. The van der Waals surface area contributed by atoms with E-state index in [4.69, 9.17) is 4.74 Å². The van der Waals surface area contributed by atoms with Crippen molar-refractivity contribution in [1.82, 2.24) is 25.6 Å². The van der Waals surface area contributed by atoms with Crippen LogP contribution in [0.1, 0.15) is 47.1 Å². The van der Waals surface area contributed by atoms with Gasteiger partial charge in [-0.15, -0.1) is 17.5 Å². The van der Waals surface area contributed by atoms with Crippen LogP contribution in [-0.4, -0.2) is 47.1 Å². The maximum Gasteiger partial charge on any atom is 0.273 e. The van der Waals surface area contributed by atoms with E-state index >= 15 is 0 Å². The summed E-state index contributed by atoms with van der Waals surface area (Å²) < 4.78 is 7.64. The van der Waals surface area contributed by atoms with Crippen molar-refractivity contribution in [3.05, 3.63) is 41.2 Å². The number of carbonyl (C=O) groups is 1. The zero-order valence-corrected chi connectivity index (χ0v) is 16.7. The van der Waals surface area contributed by atoms with Gasteiger partial charge in [-0.25, -0.2) is 4.68 Å². The van der Waals surface area contributed by atoms with E-state index in [0.717, 1.165) is 49.4 Å². The number of aryl methyl sites for hydroxylation is 1. The Labute approximate surface area is 166 Å². The van der Waals surface area contributed by atoms with Crippen molar-refractivity contribution in [3.8, 4) is 5.75 Å². The van der Waals surface area contributed by atoms with Crippen LogP contribution >= 0.6 is 12.4 Å².